The van der Waals surface area contributed by atoms with Gasteiger partial charge in [-0.2, -0.15) is 0 Å². The highest BCUT2D eigenvalue weighted by molar-refractivity contribution is 7.98. The average Bonchev–Trinajstić information content (AvgIpc) is 3.04. The summed E-state index contributed by atoms with van der Waals surface area (Å²) in [6, 6.07) is 0. The van der Waals surface area contributed by atoms with E-state index in [9.17, 15) is 15.0 Å². The lowest BCUT2D eigenvalue weighted by Crippen LogP contribution is -2.32. The predicted molar refractivity (Wildman–Crippen MR) is 106 cm³/mol. The molecule has 2 unspecified atom stereocenters. The van der Waals surface area contributed by atoms with Crippen LogP contribution in [0.15, 0.2) is 9.95 Å². The second kappa shape index (κ2) is 7.13. The van der Waals surface area contributed by atoms with E-state index in [1.807, 2.05) is 6.26 Å². The summed E-state index contributed by atoms with van der Waals surface area (Å²) in [6.45, 7) is 4.66. The predicted octanol–water partition coefficient (Wildman–Crippen LogP) is 0.868. The fourth-order valence-electron chi connectivity index (χ4n) is 3.10. The van der Waals surface area contributed by atoms with E-state index >= 15 is 0 Å². The van der Waals surface area contributed by atoms with E-state index in [1.54, 1.807) is 11.5 Å². The lowest BCUT2D eigenvalue weighted by atomic mass is 10.1. The first-order valence-electron chi connectivity index (χ1n) is 8.34. The van der Waals surface area contributed by atoms with Gasteiger partial charge in [0.2, 0.25) is 0 Å². The molecule has 1 saturated heterocycles. The Kier molecular flexibility index (Phi) is 5.38. The monoisotopic (exact) mass is 400 g/mol. The summed E-state index contributed by atoms with van der Waals surface area (Å²) < 4.78 is 7.62. The molecule has 10 heteroatoms. The summed E-state index contributed by atoms with van der Waals surface area (Å²) in [4.78, 5) is 23.5. The van der Waals surface area contributed by atoms with Crippen LogP contribution in [-0.4, -0.2) is 80.1 Å². The van der Waals surface area contributed by atoms with E-state index in [1.165, 1.54) is 11.8 Å². The highest BCUT2D eigenvalue weighted by atomic mass is 32.2. The zero-order chi connectivity index (χ0) is 19.2. The van der Waals surface area contributed by atoms with Crippen LogP contribution in [0.25, 0.3) is 11.2 Å². The molecule has 4 atom stereocenters. The summed E-state index contributed by atoms with van der Waals surface area (Å²) in [5.74, 6) is 0.449. The number of aromatic nitrogens is 4. The minimum Gasteiger partial charge on any atom is -0.388 e. The standard InChI is InChI=1S/C16H25N4O4PS/c1-8-17-13-10(14(23)18-8)19-16(26-5)20(13)15-12(22)11(21)9(24-15)6-7-25(2,3)4/h9,11-12,15,21-22H,2,6-7H2,1,3-5H3,(H,17,18,23)/t9?,11-,12-,15?/m1/s1. The maximum Gasteiger partial charge on any atom is 0.279 e. The van der Waals surface area contributed by atoms with Crippen molar-refractivity contribution in [3.63, 3.8) is 0 Å². The smallest absolute Gasteiger partial charge is 0.279 e. The van der Waals surface area contributed by atoms with Gasteiger partial charge in [-0.15, -0.1) is 13.2 Å². The van der Waals surface area contributed by atoms with Gasteiger partial charge < -0.3 is 19.9 Å². The van der Waals surface area contributed by atoms with E-state index in [0.717, 1.165) is 6.16 Å². The third-order valence-corrected chi connectivity index (χ3v) is 6.55. The van der Waals surface area contributed by atoms with Gasteiger partial charge in [-0.05, 0) is 39.1 Å². The summed E-state index contributed by atoms with van der Waals surface area (Å²) in [5, 5.41) is 21.6. The number of hydrogen-bond donors (Lipinski definition) is 3. The number of nitrogens with zero attached hydrogens (tertiary/aromatic N) is 3. The molecule has 0 bridgehead atoms. The van der Waals surface area contributed by atoms with Crippen LogP contribution in [0.4, 0.5) is 0 Å². The quantitative estimate of drug-likeness (QED) is 0.504. The minimum atomic E-state index is -1.27. The van der Waals surface area contributed by atoms with Crippen LogP contribution in [0.5, 0.6) is 0 Å². The molecular weight excluding hydrogens is 375 g/mol. The molecule has 26 heavy (non-hydrogen) atoms. The van der Waals surface area contributed by atoms with Crippen LogP contribution in [0, 0.1) is 6.92 Å². The largest absolute Gasteiger partial charge is 0.388 e. The molecule has 0 spiro atoms. The van der Waals surface area contributed by atoms with Crippen LogP contribution in [-0.2, 0) is 4.74 Å². The van der Waals surface area contributed by atoms with Crippen molar-refractivity contribution in [1.29, 1.82) is 0 Å². The second-order valence-electron chi connectivity index (χ2n) is 7.29. The van der Waals surface area contributed by atoms with Crippen molar-refractivity contribution in [2.24, 2.45) is 0 Å². The summed E-state index contributed by atoms with van der Waals surface area (Å²) in [7, 11) is 0. The van der Waals surface area contributed by atoms with Gasteiger partial charge in [0.25, 0.3) is 5.56 Å². The molecule has 3 rings (SSSR count). The van der Waals surface area contributed by atoms with E-state index in [-0.39, 0.29) is 11.1 Å². The molecule has 8 nitrogen and oxygen atoms in total. The number of aliphatic hydroxyl groups excluding tert-OH is 2. The van der Waals surface area contributed by atoms with E-state index in [4.69, 9.17) is 4.74 Å². The average molecular weight is 400 g/mol. The van der Waals surface area contributed by atoms with Gasteiger partial charge in [0.15, 0.2) is 22.5 Å². The molecule has 0 aliphatic carbocycles. The Morgan fingerprint density at radius 1 is 1.35 bits per heavy atom. The first kappa shape index (κ1) is 19.6. The van der Waals surface area contributed by atoms with Crippen molar-refractivity contribution in [3.05, 3.63) is 16.2 Å². The zero-order valence-electron chi connectivity index (χ0n) is 15.3. The van der Waals surface area contributed by atoms with Gasteiger partial charge in [0.05, 0.1) is 6.10 Å². The third kappa shape index (κ3) is 3.64. The van der Waals surface area contributed by atoms with Crippen LogP contribution < -0.4 is 5.56 Å². The van der Waals surface area contributed by atoms with Gasteiger partial charge >= 0.3 is 0 Å². The minimum absolute atomic E-state index is 0.193. The molecule has 2 aromatic heterocycles. The molecule has 3 N–H and O–H groups in total. The first-order chi connectivity index (χ1) is 12.1. The van der Waals surface area contributed by atoms with Gasteiger partial charge in [-0.3, -0.25) is 9.36 Å². The molecule has 144 valence electrons. The van der Waals surface area contributed by atoms with Crippen molar-refractivity contribution in [1.82, 2.24) is 19.5 Å². The van der Waals surface area contributed by atoms with Crippen molar-refractivity contribution < 1.29 is 14.9 Å². The Balaban J connectivity index is 2.01. The number of thioether (sulfide) groups is 1. The van der Waals surface area contributed by atoms with E-state index < -0.39 is 31.4 Å². The van der Waals surface area contributed by atoms with Crippen LogP contribution in [0.2, 0.25) is 0 Å². The molecular formula is C16H25N4O4PS. The highest BCUT2D eigenvalue weighted by Gasteiger charge is 2.45. The number of ether oxygens (including phenoxy) is 1. The number of fused-ring (bicyclic) bond motifs is 1. The fourth-order valence-corrected chi connectivity index (χ4v) is 4.63. The van der Waals surface area contributed by atoms with Gasteiger partial charge in [-0.1, -0.05) is 11.8 Å². The maximum absolute atomic E-state index is 12.2. The molecule has 3 heterocycles. The Hall–Kier alpha value is -1.12. The summed E-state index contributed by atoms with van der Waals surface area (Å²) >= 11 is 1.33. The van der Waals surface area contributed by atoms with Crippen molar-refractivity contribution in [3.8, 4) is 0 Å². The fraction of sp³-hybridized carbons (Fsp3) is 0.625. The number of hydrogen-bond acceptors (Lipinski definition) is 7. The Bertz CT molecular complexity index is 921. The molecule has 0 radical (unpaired) electrons. The number of H-pyrrole nitrogens is 1. The Morgan fingerprint density at radius 3 is 2.65 bits per heavy atom. The van der Waals surface area contributed by atoms with Crippen molar-refractivity contribution >= 4 is 36.1 Å². The Morgan fingerprint density at radius 2 is 2.04 bits per heavy atom. The third-order valence-electron chi connectivity index (χ3n) is 4.43. The molecule has 2 aromatic rings. The number of imidazole rings is 1. The molecule has 0 saturated carbocycles. The van der Waals surface area contributed by atoms with Crippen LogP contribution in [0.1, 0.15) is 18.5 Å². The van der Waals surface area contributed by atoms with Gasteiger partial charge in [0.1, 0.15) is 18.0 Å². The molecule has 1 fully saturated rings. The highest BCUT2D eigenvalue weighted by Crippen LogP contribution is 2.40. The van der Waals surface area contributed by atoms with Crippen molar-refractivity contribution in [2.45, 2.75) is 43.0 Å². The van der Waals surface area contributed by atoms with Crippen LogP contribution >= 0.6 is 18.6 Å². The number of aliphatic hydroxyl groups is 2. The lowest BCUT2D eigenvalue weighted by Gasteiger charge is -2.19. The molecule has 0 amide bonds. The van der Waals surface area contributed by atoms with Gasteiger partial charge in [-0.25, -0.2) is 9.97 Å². The SMILES string of the molecule is C=P(C)(C)CCC1OC(n2c(SC)nc3c(=O)[nH]c(C)nc32)[C@H](O)[C@@H]1O. The molecule has 1 aliphatic rings. The van der Waals surface area contributed by atoms with Crippen molar-refractivity contribution in [2.75, 3.05) is 25.7 Å². The normalized spacial score (nSPS) is 26.7. The maximum atomic E-state index is 12.2. The van der Waals surface area contributed by atoms with Crippen LogP contribution in [0.3, 0.4) is 0 Å². The lowest BCUT2D eigenvalue weighted by molar-refractivity contribution is -0.0400. The molecule has 1 aliphatic heterocycles. The number of rotatable bonds is 5. The topological polar surface area (TPSA) is 113 Å². The Labute approximate surface area is 156 Å². The number of aromatic amines is 1. The number of nitrogens with one attached hydrogen (secondary N) is 1. The van der Waals surface area contributed by atoms with E-state index in [2.05, 4.69) is 34.6 Å². The van der Waals surface area contributed by atoms with E-state index in [0.29, 0.717) is 23.0 Å². The summed E-state index contributed by atoms with van der Waals surface area (Å²) in [5.41, 5.74) is 0.200. The first-order valence-corrected chi connectivity index (χ1v) is 12.6. The summed E-state index contributed by atoms with van der Waals surface area (Å²) in [6.07, 6.45) is 3.99. The second-order valence-corrected chi connectivity index (χ2v) is 12.4. The van der Waals surface area contributed by atoms with Gasteiger partial charge in [0, 0.05) is 0 Å². The molecule has 0 aromatic carbocycles. The number of aryl methyl sites for hydroxylation is 1. The zero-order valence-corrected chi connectivity index (χ0v) is 17.0.